The molecule has 1 saturated heterocycles. The predicted octanol–water partition coefficient (Wildman–Crippen LogP) is 4.87. The zero-order chi connectivity index (χ0) is 18.4. The van der Waals surface area contributed by atoms with E-state index < -0.39 is 0 Å². The van der Waals surface area contributed by atoms with Crippen LogP contribution in [-0.4, -0.2) is 30.5 Å². The van der Waals surface area contributed by atoms with Gasteiger partial charge in [0.05, 0.1) is 4.47 Å². The molecule has 3 rings (SSSR count). The lowest BCUT2D eigenvalue weighted by Crippen LogP contribution is -2.41. The van der Waals surface area contributed by atoms with Crippen molar-refractivity contribution in [3.05, 3.63) is 64.1 Å². The second kappa shape index (κ2) is 9.22. The predicted molar refractivity (Wildman–Crippen MR) is 108 cm³/mol. The monoisotopic (exact) mass is 415 g/mol. The van der Waals surface area contributed by atoms with Crippen LogP contribution in [-0.2, 0) is 17.6 Å². The normalized spacial score (nSPS) is 15.1. The van der Waals surface area contributed by atoms with Crippen molar-refractivity contribution < 1.29 is 9.53 Å². The van der Waals surface area contributed by atoms with Crippen LogP contribution in [0.3, 0.4) is 0 Å². The van der Waals surface area contributed by atoms with Gasteiger partial charge in [-0.2, -0.15) is 0 Å². The molecule has 0 aliphatic carbocycles. The summed E-state index contributed by atoms with van der Waals surface area (Å²) in [6.07, 6.45) is 4.22. The number of halogens is 1. The molecule has 26 heavy (non-hydrogen) atoms. The van der Waals surface area contributed by atoms with E-state index in [1.165, 1.54) is 11.1 Å². The Morgan fingerprint density at radius 1 is 1.12 bits per heavy atom. The highest BCUT2D eigenvalue weighted by atomic mass is 79.9. The number of likely N-dealkylation sites (tertiary alicyclic amines) is 1. The Balaban J connectivity index is 1.45. The molecule has 2 aromatic rings. The zero-order valence-electron chi connectivity index (χ0n) is 15.3. The average molecular weight is 416 g/mol. The number of hydrogen-bond donors (Lipinski definition) is 0. The molecule has 0 unspecified atom stereocenters. The highest BCUT2D eigenvalue weighted by Gasteiger charge is 2.23. The standard InChI is InChI=1S/C22H26BrNO2/c1-2-17-8-9-21(20(23)15-17)26-16-22(25)24-12-10-19(11-13-24)14-18-6-4-3-5-7-18/h3-9,15,19H,2,10-14,16H2,1H3. The van der Waals surface area contributed by atoms with E-state index in [9.17, 15) is 4.79 Å². The molecule has 0 spiro atoms. The summed E-state index contributed by atoms with van der Waals surface area (Å²) in [4.78, 5) is 14.4. The van der Waals surface area contributed by atoms with Gasteiger partial charge in [-0.1, -0.05) is 43.3 Å². The van der Waals surface area contributed by atoms with Crippen LogP contribution in [0, 0.1) is 5.92 Å². The Hall–Kier alpha value is -1.81. The van der Waals surface area contributed by atoms with Gasteiger partial charge in [0.15, 0.2) is 6.61 Å². The Bertz CT molecular complexity index is 724. The number of nitrogens with zero attached hydrogens (tertiary/aromatic N) is 1. The maximum atomic E-state index is 12.5. The van der Waals surface area contributed by atoms with Gasteiger partial charge in [0.25, 0.3) is 5.91 Å². The summed E-state index contributed by atoms with van der Waals surface area (Å²) in [5.41, 5.74) is 2.64. The summed E-state index contributed by atoms with van der Waals surface area (Å²) < 4.78 is 6.64. The van der Waals surface area contributed by atoms with Crippen molar-refractivity contribution in [2.45, 2.75) is 32.6 Å². The first kappa shape index (κ1) is 19.0. The smallest absolute Gasteiger partial charge is 0.260 e. The van der Waals surface area contributed by atoms with Gasteiger partial charge in [-0.25, -0.2) is 0 Å². The van der Waals surface area contributed by atoms with Gasteiger partial charge >= 0.3 is 0 Å². The van der Waals surface area contributed by atoms with E-state index in [0.717, 1.165) is 49.0 Å². The molecule has 2 aromatic carbocycles. The van der Waals surface area contributed by atoms with Gasteiger partial charge in [-0.15, -0.1) is 0 Å². The van der Waals surface area contributed by atoms with Crippen molar-refractivity contribution in [1.82, 2.24) is 4.90 Å². The molecular weight excluding hydrogens is 390 g/mol. The first-order valence-electron chi connectivity index (χ1n) is 9.38. The topological polar surface area (TPSA) is 29.5 Å². The summed E-state index contributed by atoms with van der Waals surface area (Å²) in [6.45, 7) is 3.88. The van der Waals surface area contributed by atoms with Crippen molar-refractivity contribution in [3.63, 3.8) is 0 Å². The van der Waals surface area contributed by atoms with Gasteiger partial charge in [-0.05, 0) is 70.8 Å². The molecule has 4 heteroatoms. The lowest BCUT2D eigenvalue weighted by atomic mass is 9.90. The third kappa shape index (κ3) is 5.10. The van der Waals surface area contributed by atoms with E-state index in [1.54, 1.807) is 0 Å². The molecule has 0 radical (unpaired) electrons. The number of benzene rings is 2. The van der Waals surface area contributed by atoms with Gasteiger partial charge in [0.2, 0.25) is 0 Å². The number of amides is 1. The Kier molecular flexibility index (Phi) is 6.73. The summed E-state index contributed by atoms with van der Waals surface area (Å²) in [5, 5.41) is 0. The molecule has 1 fully saturated rings. The van der Waals surface area contributed by atoms with E-state index in [4.69, 9.17) is 4.74 Å². The highest BCUT2D eigenvalue weighted by molar-refractivity contribution is 9.10. The zero-order valence-corrected chi connectivity index (χ0v) is 16.9. The van der Waals surface area contributed by atoms with Crippen molar-refractivity contribution in [2.24, 2.45) is 5.92 Å². The van der Waals surface area contributed by atoms with Gasteiger partial charge < -0.3 is 9.64 Å². The third-order valence-corrected chi connectivity index (χ3v) is 5.71. The largest absolute Gasteiger partial charge is 0.483 e. The summed E-state index contributed by atoms with van der Waals surface area (Å²) in [7, 11) is 0. The fourth-order valence-corrected chi connectivity index (χ4v) is 3.99. The summed E-state index contributed by atoms with van der Waals surface area (Å²) in [5.74, 6) is 1.47. The van der Waals surface area contributed by atoms with E-state index in [1.807, 2.05) is 17.0 Å². The maximum absolute atomic E-state index is 12.5. The van der Waals surface area contributed by atoms with Crippen molar-refractivity contribution in [2.75, 3.05) is 19.7 Å². The quantitative estimate of drug-likeness (QED) is 0.673. The number of carbonyl (C=O) groups is 1. The molecule has 3 nitrogen and oxygen atoms in total. The minimum Gasteiger partial charge on any atom is -0.483 e. The lowest BCUT2D eigenvalue weighted by Gasteiger charge is -2.32. The fourth-order valence-electron chi connectivity index (χ4n) is 3.45. The Labute approximate surface area is 164 Å². The molecule has 0 bridgehead atoms. The summed E-state index contributed by atoms with van der Waals surface area (Å²) in [6, 6.07) is 16.6. The minimum absolute atomic E-state index is 0.0784. The number of carbonyl (C=O) groups excluding carboxylic acids is 1. The molecule has 1 amide bonds. The van der Waals surface area contributed by atoms with Crippen LogP contribution in [0.4, 0.5) is 0 Å². The maximum Gasteiger partial charge on any atom is 0.260 e. The number of rotatable bonds is 6. The molecule has 138 valence electrons. The first-order valence-corrected chi connectivity index (χ1v) is 10.2. The highest BCUT2D eigenvalue weighted by Crippen LogP contribution is 2.27. The Morgan fingerprint density at radius 2 is 1.85 bits per heavy atom. The van der Waals surface area contributed by atoms with Crippen molar-refractivity contribution in [3.8, 4) is 5.75 Å². The molecule has 1 heterocycles. The lowest BCUT2D eigenvalue weighted by molar-refractivity contribution is -0.134. The van der Waals surface area contributed by atoms with Gasteiger partial charge in [-0.3, -0.25) is 4.79 Å². The van der Waals surface area contributed by atoms with Crippen LogP contribution in [0.15, 0.2) is 53.0 Å². The Morgan fingerprint density at radius 3 is 2.50 bits per heavy atom. The molecule has 0 aromatic heterocycles. The number of aryl methyl sites for hydroxylation is 1. The molecule has 1 aliphatic heterocycles. The van der Waals surface area contributed by atoms with Crippen LogP contribution in [0.1, 0.15) is 30.9 Å². The molecule has 0 N–H and O–H groups in total. The number of piperidine rings is 1. The van der Waals surface area contributed by atoms with Crippen LogP contribution in [0.25, 0.3) is 0 Å². The minimum atomic E-state index is 0.0784. The van der Waals surface area contributed by atoms with Crippen LogP contribution >= 0.6 is 15.9 Å². The fraction of sp³-hybridized carbons (Fsp3) is 0.409. The van der Waals surface area contributed by atoms with E-state index in [0.29, 0.717) is 5.92 Å². The molecule has 0 saturated carbocycles. The van der Waals surface area contributed by atoms with E-state index in [2.05, 4.69) is 59.3 Å². The third-order valence-electron chi connectivity index (χ3n) is 5.09. The average Bonchev–Trinajstić information content (AvgIpc) is 2.68. The summed E-state index contributed by atoms with van der Waals surface area (Å²) >= 11 is 3.52. The van der Waals surface area contributed by atoms with Crippen molar-refractivity contribution >= 4 is 21.8 Å². The van der Waals surface area contributed by atoms with E-state index in [-0.39, 0.29) is 12.5 Å². The van der Waals surface area contributed by atoms with E-state index >= 15 is 0 Å². The second-order valence-corrected chi connectivity index (χ2v) is 7.78. The van der Waals surface area contributed by atoms with Gasteiger partial charge in [0.1, 0.15) is 5.75 Å². The first-order chi connectivity index (χ1) is 12.7. The SMILES string of the molecule is CCc1ccc(OCC(=O)N2CCC(Cc3ccccc3)CC2)c(Br)c1. The van der Waals surface area contributed by atoms with Crippen LogP contribution in [0.5, 0.6) is 5.75 Å². The number of hydrogen-bond acceptors (Lipinski definition) is 2. The van der Waals surface area contributed by atoms with Crippen LogP contribution < -0.4 is 4.74 Å². The molecule has 0 atom stereocenters. The second-order valence-electron chi connectivity index (χ2n) is 6.92. The molecule has 1 aliphatic rings. The number of ether oxygens (including phenoxy) is 1. The van der Waals surface area contributed by atoms with Crippen LogP contribution in [0.2, 0.25) is 0 Å². The van der Waals surface area contributed by atoms with Crippen molar-refractivity contribution in [1.29, 1.82) is 0 Å². The molecular formula is C22H26BrNO2. The van der Waals surface area contributed by atoms with Gasteiger partial charge in [0, 0.05) is 13.1 Å².